The predicted molar refractivity (Wildman–Crippen MR) is 95.4 cm³/mol. The van der Waals surface area contributed by atoms with Gasteiger partial charge < -0.3 is 19.9 Å². The lowest BCUT2D eigenvalue weighted by atomic mass is 9.93. The first kappa shape index (κ1) is 17.9. The molecule has 0 saturated carbocycles. The van der Waals surface area contributed by atoms with Gasteiger partial charge in [-0.1, -0.05) is 18.2 Å². The lowest BCUT2D eigenvalue weighted by Gasteiger charge is -2.28. The summed E-state index contributed by atoms with van der Waals surface area (Å²) in [7, 11) is 0. The number of ether oxygens (including phenoxy) is 2. The molecule has 2 aromatic carbocycles. The summed E-state index contributed by atoms with van der Waals surface area (Å²) < 4.78 is 11.0. The van der Waals surface area contributed by atoms with Crippen molar-refractivity contribution in [2.75, 3.05) is 13.2 Å². The van der Waals surface area contributed by atoms with E-state index in [2.05, 4.69) is 5.32 Å². The SMILES string of the molecule is O=C(N[C@@H](C(=O)O)[C@@H]1CCCOC1)c1ccc(Oc2ccccc2)cc1. The average Bonchev–Trinajstić information content (AvgIpc) is 2.68. The van der Waals surface area contributed by atoms with Crippen LogP contribution in [0.1, 0.15) is 23.2 Å². The van der Waals surface area contributed by atoms with E-state index in [1.165, 1.54) is 0 Å². The Morgan fingerprint density at radius 1 is 1.08 bits per heavy atom. The van der Waals surface area contributed by atoms with Gasteiger partial charge in [0.25, 0.3) is 5.91 Å². The Balaban J connectivity index is 1.64. The summed E-state index contributed by atoms with van der Waals surface area (Å²) in [6, 6.07) is 15.0. The van der Waals surface area contributed by atoms with Gasteiger partial charge in [-0.05, 0) is 49.2 Å². The van der Waals surface area contributed by atoms with Crippen molar-refractivity contribution in [3.8, 4) is 11.5 Å². The van der Waals surface area contributed by atoms with Crippen molar-refractivity contribution in [1.29, 1.82) is 0 Å². The molecule has 1 fully saturated rings. The van der Waals surface area contributed by atoms with E-state index in [0.29, 0.717) is 30.3 Å². The zero-order valence-electron chi connectivity index (χ0n) is 14.3. The molecule has 0 radical (unpaired) electrons. The maximum atomic E-state index is 12.4. The maximum absolute atomic E-state index is 12.4. The van der Waals surface area contributed by atoms with Crippen molar-refractivity contribution in [3.63, 3.8) is 0 Å². The van der Waals surface area contributed by atoms with Crippen LogP contribution in [0.3, 0.4) is 0 Å². The Morgan fingerprint density at radius 3 is 2.38 bits per heavy atom. The fourth-order valence-electron chi connectivity index (χ4n) is 2.93. The number of carbonyl (C=O) groups is 2. The molecular weight excluding hydrogens is 334 g/mol. The van der Waals surface area contributed by atoms with Gasteiger partial charge in [-0.15, -0.1) is 0 Å². The first-order valence-corrected chi connectivity index (χ1v) is 8.58. The highest BCUT2D eigenvalue weighted by Gasteiger charge is 2.31. The van der Waals surface area contributed by atoms with E-state index >= 15 is 0 Å². The summed E-state index contributed by atoms with van der Waals surface area (Å²) in [6.07, 6.45) is 1.52. The Bertz CT molecular complexity index is 739. The highest BCUT2D eigenvalue weighted by Crippen LogP contribution is 2.22. The molecular formula is C20H21NO5. The number of carboxylic acid groups (broad SMARTS) is 1. The molecule has 0 spiro atoms. The average molecular weight is 355 g/mol. The zero-order valence-corrected chi connectivity index (χ0v) is 14.3. The highest BCUT2D eigenvalue weighted by molar-refractivity contribution is 5.96. The van der Waals surface area contributed by atoms with Crippen LogP contribution in [-0.4, -0.2) is 36.2 Å². The summed E-state index contributed by atoms with van der Waals surface area (Å²) in [5, 5.41) is 12.1. The lowest BCUT2D eigenvalue weighted by molar-refractivity contribution is -0.142. The van der Waals surface area contributed by atoms with Crippen LogP contribution in [0, 0.1) is 5.92 Å². The van der Waals surface area contributed by atoms with Crippen LogP contribution < -0.4 is 10.1 Å². The quantitative estimate of drug-likeness (QED) is 0.832. The summed E-state index contributed by atoms with van der Waals surface area (Å²) in [4.78, 5) is 23.9. The second-order valence-corrected chi connectivity index (χ2v) is 6.21. The van der Waals surface area contributed by atoms with Gasteiger partial charge in [0.2, 0.25) is 0 Å². The molecule has 6 nitrogen and oxygen atoms in total. The van der Waals surface area contributed by atoms with Crippen molar-refractivity contribution >= 4 is 11.9 Å². The topological polar surface area (TPSA) is 84.9 Å². The van der Waals surface area contributed by atoms with Crippen molar-refractivity contribution in [2.24, 2.45) is 5.92 Å². The second kappa shape index (κ2) is 8.49. The molecule has 1 amide bonds. The molecule has 1 aliphatic heterocycles. The molecule has 2 aromatic rings. The number of carbonyl (C=O) groups excluding carboxylic acids is 1. The van der Waals surface area contributed by atoms with E-state index < -0.39 is 17.9 Å². The fourth-order valence-corrected chi connectivity index (χ4v) is 2.93. The third-order valence-electron chi connectivity index (χ3n) is 4.31. The standard InChI is InChI=1S/C20H21NO5/c22-19(21-18(20(23)24)15-5-4-12-25-13-15)14-8-10-17(11-9-14)26-16-6-2-1-3-7-16/h1-3,6-11,15,18H,4-5,12-13H2,(H,21,22)(H,23,24)/t15-,18-/m1/s1. The number of amides is 1. The van der Waals surface area contributed by atoms with Gasteiger partial charge in [-0.2, -0.15) is 0 Å². The zero-order chi connectivity index (χ0) is 18.4. The Labute approximate surface area is 151 Å². The van der Waals surface area contributed by atoms with E-state index in [0.717, 1.165) is 12.8 Å². The van der Waals surface area contributed by atoms with Gasteiger partial charge in [0.05, 0.1) is 6.61 Å². The molecule has 6 heteroatoms. The number of benzene rings is 2. The number of hydrogen-bond acceptors (Lipinski definition) is 4. The van der Waals surface area contributed by atoms with Gasteiger partial charge in [-0.25, -0.2) is 4.79 Å². The number of nitrogens with one attached hydrogen (secondary N) is 1. The van der Waals surface area contributed by atoms with Crippen LogP contribution in [0.25, 0.3) is 0 Å². The molecule has 1 heterocycles. The minimum Gasteiger partial charge on any atom is -0.480 e. The Kier molecular flexibility index (Phi) is 5.86. The summed E-state index contributed by atoms with van der Waals surface area (Å²) in [5.74, 6) is -0.380. The van der Waals surface area contributed by atoms with Crippen molar-refractivity contribution in [1.82, 2.24) is 5.32 Å². The monoisotopic (exact) mass is 355 g/mol. The number of hydrogen-bond donors (Lipinski definition) is 2. The number of aliphatic carboxylic acids is 1. The number of rotatable bonds is 6. The molecule has 0 unspecified atom stereocenters. The van der Waals surface area contributed by atoms with E-state index in [9.17, 15) is 14.7 Å². The second-order valence-electron chi connectivity index (χ2n) is 6.21. The fraction of sp³-hybridized carbons (Fsp3) is 0.300. The van der Waals surface area contributed by atoms with Gasteiger partial charge in [-0.3, -0.25) is 4.79 Å². The maximum Gasteiger partial charge on any atom is 0.326 e. The lowest BCUT2D eigenvalue weighted by Crippen LogP contribution is -2.48. The van der Waals surface area contributed by atoms with Crippen LogP contribution in [0.4, 0.5) is 0 Å². The minimum atomic E-state index is -1.04. The first-order chi connectivity index (χ1) is 12.6. The molecule has 2 N–H and O–H groups in total. The molecule has 0 bridgehead atoms. The van der Waals surface area contributed by atoms with Gasteiger partial charge >= 0.3 is 5.97 Å². The normalized spacial score (nSPS) is 17.9. The summed E-state index contributed by atoms with van der Waals surface area (Å²) in [5.41, 5.74) is 0.383. The molecule has 2 atom stereocenters. The molecule has 1 aliphatic rings. The molecule has 1 saturated heterocycles. The molecule has 26 heavy (non-hydrogen) atoms. The van der Waals surface area contributed by atoms with Gasteiger partial charge in [0.1, 0.15) is 17.5 Å². The van der Waals surface area contributed by atoms with Crippen molar-refractivity contribution < 1.29 is 24.2 Å². The smallest absolute Gasteiger partial charge is 0.326 e. The van der Waals surface area contributed by atoms with Crippen LogP contribution in [-0.2, 0) is 9.53 Å². The van der Waals surface area contributed by atoms with Crippen LogP contribution in [0.2, 0.25) is 0 Å². The van der Waals surface area contributed by atoms with Crippen LogP contribution in [0.5, 0.6) is 11.5 Å². The Hall–Kier alpha value is -2.86. The van der Waals surface area contributed by atoms with E-state index in [1.54, 1.807) is 24.3 Å². The molecule has 0 aromatic heterocycles. The summed E-state index contributed by atoms with van der Waals surface area (Å²) >= 11 is 0. The molecule has 3 rings (SSSR count). The van der Waals surface area contributed by atoms with Gasteiger partial charge in [0, 0.05) is 18.1 Å². The third kappa shape index (κ3) is 4.61. The molecule has 136 valence electrons. The van der Waals surface area contributed by atoms with Crippen LogP contribution in [0.15, 0.2) is 54.6 Å². The Morgan fingerprint density at radius 2 is 1.77 bits per heavy atom. The van der Waals surface area contributed by atoms with E-state index in [4.69, 9.17) is 9.47 Å². The van der Waals surface area contributed by atoms with Gasteiger partial charge in [0.15, 0.2) is 0 Å². The number of para-hydroxylation sites is 1. The molecule has 0 aliphatic carbocycles. The summed E-state index contributed by atoms with van der Waals surface area (Å²) in [6.45, 7) is 0.987. The third-order valence-corrected chi connectivity index (χ3v) is 4.31. The van der Waals surface area contributed by atoms with Crippen molar-refractivity contribution in [3.05, 3.63) is 60.2 Å². The predicted octanol–water partition coefficient (Wildman–Crippen LogP) is 3.09. The largest absolute Gasteiger partial charge is 0.480 e. The van der Waals surface area contributed by atoms with Crippen molar-refractivity contribution in [2.45, 2.75) is 18.9 Å². The highest BCUT2D eigenvalue weighted by atomic mass is 16.5. The van der Waals surface area contributed by atoms with E-state index in [-0.39, 0.29) is 5.92 Å². The first-order valence-electron chi connectivity index (χ1n) is 8.58. The minimum absolute atomic E-state index is 0.217. The number of carboxylic acids is 1. The van der Waals surface area contributed by atoms with Crippen LogP contribution >= 0.6 is 0 Å². The van der Waals surface area contributed by atoms with E-state index in [1.807, 2.05) is 30.3 Å².